The van der Waals surface area contributed by atoms with Gasteiger partial charge in [0.15, 0.2) is 0 Å². The highest BCUT2D eigenvalue weighted by Crippen LogP contribution is 2.08. The van der Waals surface area contributed by atoms with Crippen LogP contribution in [0.25, 0.3) is 0 Å². The Kier molecular flexibility index (Phi) is 4.09. The van der Waals surface area contributed by atoms with Crippen LogP contribution in [0.5, 0.6) is 0 Å². The summed E-state index contributed by atoms with van der Waals surface area (Å²) in [5, 5.41) is 3.23. The van der Waals surface area contributed by atoms with E-state index in [2.05, 4.69) is 24.1 Å². The topological polar surface area (TPSA) is 42.0 Å². The number of carbonyl (C=O) groups is 1. The van der Waals surface area contributed by atoms with Crippen molar-refractivity contribution in [2.24, 2.45) is 5.92 Å². The molecule has 1 aromatic rings. The molecule has 0 aromatic carbocycles. The molecule has 1 unspecified atom stereocenters. The maximum Gasteiger partial charge on any atom is 0.251 e. The zero-order chi connectivity index (χ0) is 11.4. The average Bonchev–Trinajstić information content (AvgIpc) is 2.17. The number of nitrogens with zero attached hydrogens (tertiary/aromatic N) is 1. The van der Waals surface area contributed by atoms with Crippen molar-refractivity contribution in [2.75, 3.05) is 0 Å². The van der Waals surface area contributed by atoms with E-state index in [1.54, 1.807) is 12.1 Å². The number of nitrogens with one attached hydrogen (secondary N) is 1. The van der Waals surface area contributed by atoms with Crippen LogP contribution in [0.3, 0.4) is 0 Å². The summed E-state index contributed by atoms with van der Waals surface area (Å²) in [6, 6.07) is 3.35. The summed E-state index contributed by atoms with van der Waals surface area (Å²) < 4.78 is 0. The Morgan fingerprint density at radius 3 is 2.67 bits per heavy atom. The van der Waals surface area contributed by atoms with Gasteiger partial charge in [-0.2, -0.15) is 0 Å². The van der Waals surface area contributed by atoms with Crippen LogP contribution in [0.4, 0.5) is 0 Å². The lowest BCUT2D eigenvalue weighted by molar-refractivity contribution is 0.0930. The second-order valence-electron chi connectivity index (χ2n) is 3.87. The molecule has 0 radical (unpaired) electrons. The summed E-state index contributed by atoms with van der Waals surface area (Å²) in [5.74, 6) is 0.298. The van der Waals surface area contributed by atoms with E-state index in [-0.39, 0.29) is 11.9 Å². The van der Waals surface area contributed by atoms with E-state index < -0.39 is 0 Å². The summed E-state index contributed by atoms with van der Waals surface area (Å²) in [6.07, 6.45) is 1.53. The number of carbonyl (C=O) groups excluding carboxylic acids is 1. The first-order valence-electron chi connectivity index (χ1n) is 4.93. The van der Waals surface area contributed by atoms with Gasteiger partial charge >= 0.3 is 0 Å². The molecule has 82 valence electrons. The minimum absolute atomic E-state index is 0.111. The van der Waals surface area contributed by atoms with Gasteiger partial charge in [0, 0.05) is 17.8 Å². The van der Waals surface area contributed by atoms with E-state index in [1.807, 2.05) is 6.92 Å². The van der Waals surface area contributed by atoms with Crippen LogP contribution in [-0.4, -0.2) is 16.9 Å². The molecule has 0 aliphatic heterocycles. The highest BCUT2D eigenvalue weighted by Gasteiger charge is 2.12. The highest BCUT2D eigenvalue weighted by atomic mass is 35.5. The standard InChI is InChI=1S/C11H15ClN2O/c1-7(2)8(3)14-11(15)9-4-5-13-10(12)6-9/h4-8H,1-3H3,(H,14,15). The molecule has 1 amide bonds. The number of hydrogen-bond donors (Lipinski definition) is 1. The number of hydrogen-bond acceptors (Lipinski definition) is 2. The quantitative estimate of drug-likeness (QED) is 0.805. The fourth-order valence-electron chi connectivity index (χ4n) is 1.00. The SMILES string of the molecule is CC(C)C(C)NC(=O)c1ccnc(Cl)c1. The Bertz CT molecular complexity index is 352. The Morgan fingerprint density at radius 2 is 2.13 bits per heavy atom. The Balaban J connectivity index is 2.69. The maximum atomic E-state index is 11.7. The molecule has 4 heteroatoms. The van der Waals surface area contributed by atoms with Crippen LogP contribution in [0.15, 0.2) is 18.3 Å². The van der Waals surface area contributed by atoms with Crippen LogP contribution >= 0.6 is 11.6 Å². The van der Waals surface area contributed by atoms with Crippen LogP contribution in [0.2, 0.25) is 5.15 Å². The summed E-state index contributed by atoms with van der Waals surface area (Å²) in [4.78, 5) is 15.5. The van der Waals surface area contributed by atoms with Gasteiger partial charge in [-0.15, -0.1) is 0 Å². The number of pyridine rings is 1. The van der Waals surface area contributed by atoms with Crippen LogP contribution in [0, 0.1) is 5.92 Å². The zero-order valence-corrected chi connectivity index (χ0v) is 9.88. The maximum absolute atomic E-state index is 11.7. The normalized spacial score (nSPS) is 12.6. The van der Waals surface area contributed by atoms with Crippen molar-refractivity contribution in [3.05, 3.63) is 29.0 Å². The van der Waals surface area contributed by atoms with E-state index in [1.165, 1.54) is 6.20 Å². The van der Waals surface area contributed by atoms with Crippen molar-refractivity contribution in [1.29, 1.82) is 0 Å². The van der Waals surface area contributed by atoms with E-state index >= 15 is 0 Å². The second-order valence-corrected chi connectivity index (χ2v) is 4.26. The Labute approximate surface area is 94.9 Å². The Hall–Kier alpha value is -1.09. The molecule has 0 aliphatic rings. The molecule has 0 bridgehead atoms. The first-order chi connectivity index (χ1) is 7.00. The molecule has 0 saturated carbocycles. The van der Waals surface area contributed by atoms with Crippen molar-refractivity contribution < 1.29 is 4.79 Å². The molecule has 0 fully saturated rings. The third-order valence-electron chi connectivity index (χ3n) is 2.35. The third-order valence-corrected chi connectivity index (χ3v) is 2.55. The van der Waals surface area contributed by atoms with Crippen molar-refractivity contribution in [2.45, 2.75) is 26.8 Å². The summed E-state index contributed by atoms with van der Waals surface area (Å²) in [7, 11) is 0. The first-order valence-corrected chi connectivity index (χ1v) is 5.31. The van der Waals surface area contributed by atoms with Gasteiger partial charge in [-0.1, -0.05) is 25.4 Å². The molecule has 1 N–H and O–H groups in total. The van der Waals surface area contributed by atoms with E-state index in [0.717, 1.165) is 0 Å². The molecule has 1 atom stereocenters. The third kappa shape index (κ3) is 3.51. The van der Waals surface area contributed by atoms with E-state index in [0.29, 0.717) is 16.6 Å². The van der Waals surface area contributed by atoms with E-state index in [4.69, 9.17) is 11.6 Å². The molecule has 0 aliphatic carbocycles. The van der Waals surface area contributed by atoms with Crippen LogP contribution < -0.4 is 5.32 Å². The van der Waals surface area contributed by atoms with Crippen LogP contribution in [0.1, 0.15) is 31.1 Å². The first kappa shape index (κ1) is 12.0. The molecule has 3 nitrogen and oxygen atoms in total. The second kappa shape index (κ2) is 5.12. The largest absolute Gasteiger partial charge is 0.349 e. The predicted octanol–water partition coefficient (Wildman–Crippen LogP) is 2.51. The van der Waals surface area contributed by atoms with Gasteiger partial charge in [0.25, 0.3) is 5.91 Å². The number of halogens is 1. The molecule has 1 aromatic heterocycles. The predicted molar refractivity (Wildman–Crippen MR) is 61.0 cm³/mol. The minimum Gasteiger partial charge on any atom is -0.349 e. The fourth-order valence-corrected chi connectivity index (χ4v) is 1.17. The monoisotopic (exact) mass is 226 g/mol. The van der Waals surface area contributed by atoms with Gasteiger partial charge in [0.05, 0.1) is 0 Å². The van der Waals surface area contributed by atoms with Crippen molar-refractivity contribution in [3.8, 4) is 0 Å². The number of amides is 1. The Morgan fingerprint density at radius 1 is 1.47 bits per heavy atom. The lowest BCUT2D eigenvalue weighted by atomic mass is 10.1. The van der Waals surface area contributed by atoms with Crippen molar-refractivity contribution in [3.63, 3.8) is 0 Å². The minimum atomic E-state index is -0.111. The average molecular weight is 227 g/mol. The lowest BCUT2D eigenvalue weighted by Crippen LogP contribution is -2.36. The number of aromatic nitrogens is 1. The van der Waals surface area contributed by atoms with Gasteiger partial charge in [0.1, 0.15) is 5.15 Å². The highest BCUT2D eigenvalue weighted by molar-refractivity contribution is 6.29. The molecule has 1 rings (SSSR count). The molecule has 15 heavy (non-hydrogen) atoms. The molecule has 0 saturated heterocycles. The smallest absolute Gasteiger partial charge is 0.251 e. The van der Waals surface area contributed by atoms with E-state index in [9.17, 15) is 4.79 Å². The van der Waals surface area contributed by atoms with Crippen LogP contribution in [-0.2, 0) is 0 Å². The van der Waals surface area contributed by atoms with Crippen molar-refractivity contribution in [1.82, 2.24) is 10.3 Å². The number of rotatable bonds is 3. The van der Waals surface area contributed by atoms with Gasteiger partial charge < -0.3 is 5.32 Å². The molecule has 1 heterocycles. The summed E-state index contributed by atoms with van der Waals surface area (Å²) >= 11 is 5.70. The fraction of sp³-hybridized carbons (Fsp3) is 0.455. The van der Waals surface area contributed by atoms with Gasteiger partial charge in [-0.25, -0.2) is 4.98 Å². The van der Waals surface area contributed by atoms with Gasteiger partial charge in [-0.05, 0) is 25.0 Å². The van der Waals surface area contributed by atoms with Crippen molar-refractivity contribution >= 4 is 17.5 Å². The zero-order valence-electron chi connectivity index (χ0n) is 9.12. The van der Waals surface area contributed by atoms with Gasteiger partial charge in [-0.3, -0.25) is 4.79 Å². The summed E-state index contributed by atoms with van der Waals surface area (Å²) in [5.41, 5.74) is 0.544. The van der Waals surface area contributed by atoms with Gasteiger partial charge in [0.2, 0.25) is 0 Å². The lowest BCUT2D eigenvalue weighted by Gasteiger charge is -2.17. The molecular weight excluding hydrogens is 212 g/mol. The molecular formula is C11H15ClN2O. The summed E-state index contributed by atoms with van der Waals surface area (Å²) in [6.45, 7) is 6.10. The molecule has 0 spiro atoms.